The standard InChI is InChI=1S/C22H16B5ClF3NO5S/c23-20(15-6-19(35,8-33)7-16(20)22(26,27)21(15,24)25)38(36,37)14-3-9(1-2-11(14)28)18(34)32-10-4-12(29)17(31)13(30)5-10/h1-5,15-16,33,35H,6-8H2,(H,32,34)/t15-,16?,19?,20?/m0/s1. The van der Waals surface area contributed by atoms with Gasteiger partial charge in [0.1, 0.15) is 0 Å². The molecule has 4 rings (SSSR count). The Labute approximate surface area is 229 Å². The minimum Gasteiger partial charge on any atom is -0.393 e. The van der Waals surface area contributed by atoms with E-state index in [0.29, 0.717) is 12.1 Å². The van der Waals surface area contributed by atoms with Crippen LogP contribution in [0.1, 0.15) is 23.2 Å². The van der Waals surface area contributed by atoms with Gasteiger partial charge in [0, 0.05) is 28.0 Å². The van der Waals surface area contributed by atoms with E-state index in [0.717, 1.165) is 18.2 Å². The van der Waals surface area contributed by atoms with Crippen molar-refractivity contribution in [3.63, 3.8) is 0 Å². The van der Waals surface area contributed by atoms with E-state index in [1.54, 1.807) is 0 Å². The normalized spacial score (nSPS) is 29.6. The number of halogens is 4. The van der Waals surface area contributed by atoms with Crippen molar-refractivity contribution in [2.24, 2.45) is 11.8 Å². The number of hydrogen-bond acceptors (Lipinski definition) is 5. The summed E-state index contributed by atoms with van der Waals surface area (Å²) in [4.78, 5) is 12.1. The molecule has 3 unspecified atom stereocenters. The summed E-state index contributed by atoms with van der Waals surface area (Å²) in [5, 5.41) is 18.0. The van der Waals surface area contributed by atoms with Crippen molar-refractivity contribution in [1.29, 1.82) is 0 Å². The maximum Gasteiger partial charge on any atom is 0.255 e. The van der Waals surface area contributed by atoms with Gasteiger partial charge in [-0.3, -0.25) is 4.79 Å². The van der Waals surface area contributed by atoms with Gasteiger partial charge in [-0.1, -0.05) is 11.6 Å². The molecule has 2 aromatic rings. The molecule has 0 aliphatic heterocycles. The lowest BCUT2D eigenvalue weighted by Gasteiger charge is -2.49. The number of hydrogen-bond donors (Lipinski definition) is 3. The summed E-state index contributed by atoms with van der Waals surface area (Å²) in [7, 11) is 26.6. The zero-order valence-electron chi connectivity index (χ0n) is 19.6. The molecule has 6 nitrogen and oxygen atoms in total. The average molecular weight is 553 g/mol. The maximum absolute atomic E-state index is 14.1. The first-order valence-electron chi connectivity index (χ1n) is 11.1. The molecule has 16 heteroatoms. The van der Waals surface area contributed by atoms with Crippen molar-refractivity contribution >= 4 is 72.3 Å². The van der Waals surface area contributed by atoms with Crippen molar-refractivity contribution in [2.75, 3.05) is 11.9 Å². The minimum atomic E-state index is -4.79. The van der Waals surface area contributed by atoms with Crippen LogP contribution in [0.2, 0.25) is 15.5 Å². The van der Waals surface area contributed by atoms with E-state index in [9.17, 15) is 36.6 Å². The number of benzene rings is 2. The fraction of sp³-hybridized carbons (Fsp3) is 0.409. The summed E-state index contributed by atoms with van der Waals surface area (Å²) in [6, 6.07) is 4.13. The van der Waals surface area contributed by atoms with Crippen LogP contribution < -0.4 is 5.32 Å². The van der Waals surface area contributed by atoms with E-state index >= 15 is 0 Å². The van der Waals surface area contributed by atoms with E-state index in [1.807, 2.05) is 0 Å². The lowest BCUT2D eigenvalue weighted by Crippen LogP contribution is -2.59. The third kappa shape index (κ3) is 4.07. The van der Waals surface area contributed by atoms with Crippen molar-refractivity contribution in [3.05, 3.63) is 58.4 Å². The maximum atomic E-state index is 14.1. The predicted molar refractivity (Wildman–Crippen MR) is 138 cm³/mol. The molecule has 2 bridgehead atoms. The van der Waals surface area contributed by atoms with E-state index in [1.165, 1.54) is 0 Å². The van der Waals surface area contributed by atoms with Gasteiger partial charge in [-0.15, -0.1) is 10.4 Å². The largest absolute Gasteiger partial charge is 0.393 e. The topological polar surface area (TPSA) is 104 Å². The average Bonchev–Trinajstić information content (AvgIpc) is 2.89. The molecule has 38 heavy (non-hydrogen) atoms. The first kappa shape index (κ1) is 29.2. The highest BCUT2D eigenvalue weighted by Crippen LogP contribution is 2.73. The molecule has 2 aliphatic rings. The number of fused-ring (bicyclic) bond motifs is 2. The van der Waals surface area contributed by atoms with E-state index in [4.69, 9.17) is 50.8 Å². The summed E-state index contributed by atoms with van der Waals surface area (Å²) < 4.78 is 66.1. The predicted octanol–water partition coefficient (Wildman–Crippen LogP) is 1.32. The molecule has 2 fully saturated rings. The summed E-state index contributed by atoms with van der Waals surface area (Å²) in [5.41, 5.74) is -2.60. The Kier molecular flexibility index (Phi) is 6.99. The van der Waals surface area contributed by atoms with Gasteiger partial charge in [0.2, 0.25) is 0 Å². The third-order valence-electron chi connectivity index (χ3n) is 7.64. The highest BCUT2D eigenvalue weighted by atomic mass is 35.5. The molecular weight excluding hydrogens is 537 g/mol. The molecule has 2 saturated carbocycles. The molecule has 2 aromatic carbocycles. The summed E-state index contributed by atoms with van der Waals surface area (Å²) in [6.07, 6.45) is -0.948. The quantitative estimate of drug-likeness (QED) is 0.383. The van der Waals surface area contributed by atoms with Gasteiger partial charge in [-0.25, -0.2) is 21.6 Å². The zero-order chi connectivity index (χ0) is 28.6. The number of sulfone groups is 1. The van der Waals surface area contributed by atoms with E-state index in [2.05, 4.69) is 5.32 Å². The molecule has 1 amide bonds. The van der Waals surface area contributed by atoms with Crippen LogP contribution in [0.4, 0.5) is 18.9 Å². The van der Waals surface area contributed by atoms with Gasteiger partial charge in [-0.05, 0) is 42.9 Å². The van der Waals surface area contributed by atoms with Crippen LogP contribution in [-0.2, 0) is 9.84 Å². The van der Waals surface area contributed by atoms with Crippen LogP contribution in [0.15, 0.2) is 35.2 Å². The SMILES string of the molecule is [B]C1([B])C2CC(O)(CO)C[C@H](C1([B])[B])C2([B])S(=O)(=O)c1cc(C(=O)Nc2cc(F)c(F)c(F)c2)ccc1Cl. The Morgan fingerprint density at radius 2 is 1.50 bits per heavy atom. The summed E-state index contributed by atoms with van der Waals surface area (Å²) in [5.74, 6) is -8.83. The van der Waals surface area contributed by atoms with Crippen LogP contribution in [0, 0.1) is 29.3 Å². The first-order chi connectivity index (χ1) is 17.3. The van der Waals surface area contributed by atoms with Crippen LogP contribution >= 0.6 is 11.6 Å². The molecule has 188 valence electrons. The molecule has 3 N–H and O–H groups in total. The number of carbonyl (C=O) groups excluding carboxylic acids is 1. The number of nitrogens with one attached hydrogen (secondary N) is 1. The van der Waals surface area contributed by atoms with Crippen molar-refractivity contribution in [1.82, 2.24) is 0 Å². The molecule has 0 aromatic heterocycles. The minimum absolute atomic E-state index is 0.324. The Morgan fingerprint density at radius 3 is 1.97 bits per heavy atom. The van der Waals surface area contributed by atoms with Crippen LogP contribution in [0.3, 0.4) is 0 Å². The number of amides is 1. The molecule has 0 heterocycles. The summed E-state index contributed by atoms with van der Waals surface area (Å²) in [6.45, 7) is -0.775. The Balaban J connectivity index is 1.78. The van der Waals surface area contributed by atoms with Gasteiger partial charge in [-0.2, -0.15) is 0 Å². The second-order valence-corrected chi connectivity index (χ2v) is 12.5. The monoisotopic (exact) mass is 553 g/mol. The van der Waals surface area contributed by atoms with Gasteiger partial charge in [0.25, 0.3) is 5.91 Å². The molecule has 0 saturated heterocycles. The van der Waals surface area contributed by atoms with Crippen LogP contribution in [-0.4, -0.2) is 80.6 Å². The van der Waals surface area contributed by atoms with Crippen LogP contribution in [0.25, 0.3) is 0 Å². The summed E-state index contributed by atoms with van der Waals surface area (Å²) >= 11 is 6.21. The van der Waals surface area contributed by atoms with Gasteiger partial charge >= 0.3 is 0 Å². The van der Waals surface area contributed by atoms with Crippen molar-refractivity contribution in [2.45, 2.75) is 38.4 Å². The van der Waals surface area contributed by atoms with Crippen LogP contribution in [0.5, 0.6) is 0 Å². The lowest BCUT2D eigenvalue weighted by molar-refractivity contribution is -0.0643. The van der Waals surface area contributed by atoms with Crippen molar-refractivity contribution < 1.29 is 36.6 Å². The smallest absolute Gasteiger partial charge is 0.255 e. The second kappa shape index (κ2) is 9.11. The highest BCUT2D eigenvalue weighted by Gasteiger charge is 2.72. The Hall–Kier alpha value is -1.82. The lowest BCUT2D eigenvalue weighted by atomic mass is 9.28. The Bertz CT molecular complexity index is 1400. The van der Waals surface area contributed by atoms with E-state index in [-0.39, 0.29) is 10.6 Å². The van der Waals surface area contributed by atoms with E-state index < -0.39 is 95.7 Å². The highest BCUT2D eigenvalue weighted by molar-refractivity contribution is 7.94. The van der Waals surface area contributed by atoms with Gasteiger partial charge in [0.15, 0.2) is 27.3 Å². The third-order valence-corrected chi connectivity index (χ3v) is 10.5. The molecule has 4 atom stereocenters. The van der Waals surface area contributed by atoms with Gasteiger partial charge in [0.05, 0.1) is 61.4 Å². The second-order valence-electron chi connectivity index (χ2n) is 9.97. The fourth-order valence-corrected chi connectivity index (χ4v) is 8.18. The number of aliphatic hydroxyl groups is 2. The number of anilines is 1. The zero-order valence-corrected chi connectivity index (χ0v) is 21.2. The number of aliphatic hydroxyl groups excluding tert-OH is 1. The molecular formula is C22H16B5ClF3NO5S. The molecule has 0 spiro atoms. The number of rotatable bonds is 5. The fourth-order valence-electron chi connectivity index (χ4n) is 5.47. The molecule has 2 aliphatic carbocycles. The van der Waals surface area contributed by atoms with Crippen molar-refractivity contribution in [3.8, 4) is 0 Å². The number of carbonyl (C=O) groups is 1. The first-order valence-corrected chi connectivity index (χ1v) is 13.0. The molecule has 10 radical (unpaired) electrons. The van der Waals surface area contributed by atoms with Gasteiger partial charge < -0.3 is 15.5 Å². The Morgan fingerprint density at radius 1 is 1.00 bits per heavy atom.